The Bertz CT molecular complexity index is 389. The van der Waals surface area contributed by atoms with Crippen molar-refractivity contribution in [2.45, 2.75) is 19.4 Å². The van der Waals surface area contributed by atoms with Gasteiger partial charge in [-0.05, 0) is 6.42 Å². The van der Waals surface area contributed by atoms with Gasteiger partial charge in [0.15, 0.2) is 16.7 Å². The number of hydrogen-bond donors (Lipinski definition) is 0. The molecule has 6 heteroatoms. The van der Waals surface area contributed by atoms with E-state index >= 15 is 0 Å². The van der Waals surface area contributed by atoms with Crippen LogP contribution in [-0.4, -0.2) is 42.9 Å². The highest BCUT2D eigenvalue weighted by molar-refractivity contribution is 6.31. The van der Waals surface area contributed by atoms with Crippen LogP contribution in [0.25, 0.3) is 0 Å². The van der Waals surface area contributed by atoms with E-state index in [1.807, 2.05) is 0 Å². The Hall–Kier alpha value is -1.07. The number of nitrogens with zero attached hydrogens (tertiary/aromatic N) is 3. The van der Waals surface area contributed by atoms with Gasteiger partial charge >= 0.3 is 0 Å². The average molecular weight is 258 g/mol. The summed E-state index contributed by atoms with van der Waals surface area (Å²) in [5.74, 6) is 1.29. The van der Waals surface area contributed by atoms with E-state index in [1.54, 1.807) is 7.11 Å². The van der Waals surface area contributed by atoms with Crippen LogP contribution in [0.3, 0.4) is 0 Å². The van der Waals surface area contributed by atoms with Gasteiger partial charge in [-0.25, -0.2) is 9.97 Å². The molecule has 1 saturated heterocycles. The lowest BCUT2D eigenvalue weighted by atomic mass is 10.2. The van der Waals surface area contributed by atoms with E-state index in [1.165, 1.54) is 6.33 Å². The minimum absolute atomic E-state index is 0.309. The predicted octanol–water partition coefficient (Wildman–Crippen LogP) is 1.75. The molecule has 2 rings (SSSR count). The van der Waals surface area contributed by atoms with E-state index in [9.17, 15) is 0 Å². The molecule has 0 N–H and O–H groups in total. The Morgan fingerprint density at radius 2 is 2.41 bits per heavy atom. The van der Waals surface area contributed by atoms with Crippen molar-refractivity contribution in [3.05, 3.63) is 11.5 Å². The summed E-state index contributed by atoms with van der Waals surface area (Å²) < 4.78 is 10.8. The molecule has 17 heavy (non-hydrogen) atoms. The molecule has 0 radical (unpaired) electrons. The van der Waals surface area contributed by atoms with Crippen molar-refractivity contribution in [3.63, 3.8) is 0 Å². The zero-order chi connectivity index (χ0) is 12.3. The van der Waals surface area contributed by atoms with E-state index in [0.717, 1.165) is 18.8 Å². The largest absolute Gasteiger partial charge is 0.490 e. The van der Waals surface area contributed by atoms with Crippen molar-refractivity contribution >= 4 is 17.4 Å². The van der Waals surface area contributed by atoms with E-state index in [-0.39, 0.29) is 0 Å². The normalized spacial score (nSPS) is 20.4. The molecule has 5 nitrogen and oxygen atoms in total. The molecular weight excluding hydrogens is 242 g/mol. The molecule has 0 saturated carbocycles. The van der Waals surface area contributed by atoms with Crippen LogP contribution in [-0.2, 0) is 4.74 Å². The van der Waals surface area contributed by atoms with Gasteiger partial charge in [-0.2, -0.15) is 0 Å². The number of aromatic nitrogens is 2. The Morgan fingerprint density at radius 1 is 1.59 bits per heavy atom. The summed E-state index contributed by atoms with van der Waals surface area (Å²) in [6.45, 7) is 4.33. The van der Waals surface area contributed by atoms with Gasteiger partial charge in [0.1, 0.15) is 6.33 Å². The van der Waals surface area contributed by atoms with Crippen LogP contribution in [0.5, 0.6) is 5.75 Å². The van der Waals surface area contributed by atoms with Crippen LogP contribution in [0, 0.1) is 0 Å². The smallest absolute Gasteiger partial charge is 0.199 e. The predicted molar refractivity (Wildman–Crippen MR) is 65.8 cm³/mol. The molecule has 2 heterocycles. The summed E-state index contributed by atoms with van der Waals surface area (Å²) in [7, 11) is 1.58. The number of rotatable bonds is 3. The quantitative estimate of drug-likeness (QED) is 0.772. The van der Waals surface area contributed by atoms with Gasteiger partial charge in [0, 0.05) is 6.54 Å². The highest BCUT2D eigenvalue weighted by Crippen LogP contribution is 2.33. The van der Waals surface area contributed by atoms with E-state index in [4.69, 9.17) is 21.1 Å². The van der Waals surface area contributed by atoms with Crippen LogP contribution in [0.2, 0.25) is 5.15 Å². The van der Waals surface area contributed by atoms with Crippen molar-refractivity contribution in [2.24, 2.45) is 0 Å². The van der Waals surface area contributed by atoms with Crippen LogP contribution >= 0.6 is 11.6 Å². The Balaban J connectivity index is 2.34. The number of hydrogen-bond acceptors (Lipinski definition) is 5. The molecule has 1 unspecified atom stereocenters. The monoisotopic (exact) mass is 257 g/mol. The molecule has 0 bridgehead atoms. The second-order valence-corrected chi connectivity index (χ2v) is 4.21. The third kappa shape index (κ3) is 2.45. The molecule has 1 aliphatic heterocycles. The van der Waals surface area contributed by atoms with Gasteiger partial charge in [0.2, 0.25) is 0 Å². The molecule has 1 aromatic rings. The van der Waals surface area contributed by atoms with Crippen molar-refractivity contribution in [2.75, 3.05) is 31.8 Å². The third-order valence-corrected chi connectivity index (χ3v) is 3.19. The van der Waals surface area contributed by atoms with Gasteiger partial charge in [-0.1, -0.05) is 18.5 Å². The first kappa shape index (κ1) is 12.4. The molecular formula is C11H16ClN3O2. The van der Waals surface area contributed by atoms with Crippen molar-refractivity contribution in [1.82, 2.24) is 9.97 Å². The minimum atomic E-state index is 0.309. The maximum absolute atomic E-state index is 6.01. The summed E-state index contributed by atoms with van der Waals surface area (Å²) in [4.78, 5) is 10.4. The van der Waals surface area contributed by atoms with Crippen LogP contribution in [0.1, 0.15) is 13.3 Å². The lowest BCUT2D eigenvalue weighted by molar-refractivity contribution is 0.0922. The number of methoxy groups -OCH3 is 1. The molecule has 1 aromatic heterocycles. The summed E-state index contributed by atoms with van der Waals surface area (Å²) in [6.07, 6.45) is 2.45. The van der Waals surface area contributed by atoms with Gasteiger partial charge < -0.3 is 14.4 Å². The van der Waals surface area contributed by atoms with Crippen molar-refractivity contribution < 1.29 is 9.47 Å². The first-order valence-electron chi connectivity index (χ1n) is 5.66. The van der Waals surface area contributed by atoms with E-state index < -0.39 is 0 Å². The first-order chi connectivity index (χ1) is 8.27. The third-order valence-electron chi connectivity index (χ3n) is 2.92. The molecule has 1 aliphatic rings. The number of ether oxygens (including phenoxy) is 2. The van der Waals surface area contributed by atoms with Gasteiger partial charge in [0.05, 0.1) is 26.4 Å². The summed E-state index contributed by atoms with van der Waals surface area (Å²) in [5, 5.41) is 0.346. The number of anilines is 1. The zero-order valence-corrected chi connectivity index (χ0v) is 10.8. The Labute approximate surface area is 106 Å². The van der Waals surface area contributed by atoms with Gasteiger partial charge in [-0.3, -0.25) is 0 Å². The molecule has 0 amide bonds. The van der Waals surface area contributed by atoms with Crippen LogP contribution in [0.15, 0.2) is 6.33 Å². The lowest BCUT2D eigenvalue weighted by Gasteiger charge is -2.36. The summed E-state index contributed by atoms with van der Waals surface area (Å²) in [6, 6.07) is 0.309. The highest BCUT2D eigenvalue weighted by atomic mass is 35.5. The fourth-order valence-corrected chi connectivity index (χ4v) is 2.20. The Morgan fingerprint density at radius 3 is 3.12 bits per heavy atom. The number of halogens is 1. The zero-order valence-electron chi connectivity index (χ0n) is 10.0. The van der Waals surface area contributed by atoms with E-state index in [2.05, 4.69) is 21.8 Å². The molecule has 0 spiro atoms. The van der Waals surface area contributed by atoms with Gasteiger partial charge in [0.25, 0.3) is 0 Å². The lowest BCUT2D eigenvalue weighted by Crippen LogP contribution is -2.45. The molecule has 94 valence electrons. The molecule has 0 aromatic carbocycles. The van der Waals surface area contributed by atoms with Crippen LogP contribution < -0.4 is 9.64 Å². The van der Waals surface area contributed by atoms with E-state index in [0.29, 0.717) is 30.2 Å². The fraction of sp³-hybridized carbons (Fsp3) is 0.636. The Kier molecular flexibility index (Phi) is 4.02. The highest BCUT2D eigenvalue weighted by Gasteiger charge is 2.26. The SMILES string of the molecule is CCC1COCCN1c1ncnc(Cl)c1OC. The molecule has 1 fully saturated rings. The molecule has 1 atom stereocenters. The maximum atomic E-state index is 6.01. The maximum Gasteiger partial charge on any atom is 0.199 e. The van der Waals surface area contributed by atoms with Crippen molar-refractivity contribution in [3.8, 4) is 5.75 Å². The second kappa shape index (κ2) is 5.51. The topological polar surface area (TPSA) is 47.5 Å². The number of morpholine rings is 1. The van der Waals surface area contributed by atoms with Crippen LogP contribution in [0.4, 0.5) is 5.82 Å². The fourth-order valence-electron chi connectivity index (χ4n) is 2.00. The first-order valence-corrected chi connectivity index (χ1v) is 6.04. The molecule has 0 aliphatic carbocycles. The minimum Gasteiger partial charge on any atom is -0.490 e. The standard InChI is InChI=1S/C11H16ClN3O2/c1-3-8-6-17-5-4-15(8)11-9(16-2)10(12)13-7-14-11/h7-8H,3-6H2,1-2H3. The summed E-state index contributed by atoms with van der Waals surface area (Å²) in [5.41, 5.74) is 0. The van der Waals surface area contributed by atoms with Gasteiger partial charge in [-0.15, -0.1) is 0 Å². The second-order valence-electron chi connectivity index (χ2n) is 3.85. The summed E-state index contributed by atoms with van der Waals surface area (Å²) >= 11 is 6.01. The van der Waals surface area contributed by atoms with Crippen molar-refractivity contribution in [1.29, 1.82) is 0 Å². The average Bonchev–Trinajstić information content (AvgIpc) is 2.38.